The summed E-state index contributed by atoms with van der Waals surface area (Å²) in [5.41, 5.74) is 4.56. The van der Waals surface area contributed by atoms with Gasteiger partial charge in [0.15, 0.2) is 0 Å². The van der Waals surface area contributed by atoms with Gasteiger partial charge in [-0.3, -0.25) is 4.79 Å². The largest absolute Gasteiger partial charge is 0.497 e. The molecule has 4 heteroatoms. The molecule has 4 nitrogen and oxygen atoms in total. The van der Waals surface area contributed by atoms with Gasteiger partial charge in [0.2, 0.25) is 5.91 Å². The zero-order chi connectivity index (χ0) is 16.9. The number of hydrogen-bond acceptors (Lipinski definition) is 2. The van der Waals surface area contributed by atoms with E-state index in [0.717, 1.165) is 28.9 Å². The highest BCUT2D eigenvalue weighted by molar-refractivity contribution is 5.85. The Balaban J connectivity index is 1.56. The highest BCUT2D eigenvalue weighted by Crippen LogP contribution is 2.23. The molecule has 0 aliphatic carbocycles. The van der Waals surface area contributed by atoms with E-state index in [9.17, 15) is 4.79 Å². The van der Waals surface area contributed by atoms with Crippen LogP contribution in [0.15, 0.2) is 48.5 Å². The molecule has 1 aromatic heterocycles. The Morgan fingerprint density at radius 3 is 2.62 bits per heavy atom. The summed E-state index contributed by atoms with van der Waals surface area (Å²) in [6, 6.07) is 15.9. The van der Waals surface area contributed by atoms with Crippen LogP contribution < -0.4 is 10.1 Å². The third-order valence-corrected chi connectivity index (χ3v) is 4.28. The molecule has 0 unspecified atom stereocenters. The number of carbonyl (C=O) groups is 1. The lowest BCUT2D eigenvalue weighted by molar-refractivity contribution is -0.121. The zero-order valence-corrected chi connectivity index (χ0v) is 14.1. The van der Waals surface area contributed by atoms with E-state index in [1.165, 1.54) is 10.9 Å². The standard InChI is InChI=1S/C20H22N2O2/c1-14-17(18-5-3-4-6-19(18)22-14)11-12-20(23)21-13-15-7-9-16(24-2)10-8-15/h3-10,22H,11-13H2,1-2H3,(H,21,23). The summed E-state index contributed by atoms with van der Waals surface area (Å²) in [5.74, 6) is 0.885. The molecule has 0 radical (unpaired) electrons. The molecule has 0 bridgehead atoms. The van der Waals surface area contributed by atoms with E-state index in [-0.39, 0.29) is 5.91 Å². The number of hydrogen-bond donors (Lipinski definition) is 2. The minimum Gasteiger partial charge on any atom is -0.497 e. The molecule has 0 fully saturated rings. The molecule has 124 valence electrons. The van der Waals surface area contributed by atoms with Gasteiger partial charge in [0.05, 0.1) is 7.11 Å². The molecule has 0 aliphatic heterocycles. The quantitative estimate of drug-likeness (QED) is 0.726. The van der Waals surface area contributed by atoms with Crippen LogP contribution in [0.2, 0.25) is 0 Å². The molecule has 0 saturated carbocycles. The van der Waals surface area contributed by atoms with Crippen molar-refractivity contribution >= 4 is 16.8 Å². The van der Waals surface area contributed by atoms with Crippen molar-refractivity contribution in [2.24, 2.45) is 0 Å². The molecule has 0 aliphatic rings. The van der Waals surface area contributed by atoms with Crippen LogP contribution in [0, 0.1) is 6.92 Å². The molecule has 3 rings (SSSR count). The Labute approximate surface area is 141 Å². The number of rotatable bonds is 6. The maximum absolute atomic E-state index is 12.1. The van der Waals surface area contributed by atoms with E-state index in [1.807, 2.05) is 36.4 Å². The van der Waals surface area contributed by atoms with Crippen LogP contribution in [0.25, 0.3) is 10.9 Å². The van der Waals surface area contributed by atoms with Gasteiger partial charge < -0.3 is 15.0 Å². The third kappa shape index (κ3) is 3.59. The minimum absolute atomic E-state index is 0.0653. The number of para-hydroxylation sites is 1. The summed E-state index contributed by atoms with van der Waals surface area (Å²) in [6.45, 7) is 2.60. The fourth-order valence-corrected chi connectivity index (χ4v) is 2.93. The van der Waals surface area contributed by atoms with Gasteiger partial charge in [0.25, 0.3) is 0 Å². The minimum atomic E-state index is 0.0653. The van der Waals surface area contributed by atoms with E-state index in [0.29, 0.717) is 13.0 Å². The number of ether oxygens (including phenoxy) is 1. The second-order valence-corrected chi connectivity index (χ2v) is 5.90. The molecule has 3 aromatic rings. The van der Waals surface area contributed by atoms with Crippen LogP contribution >= 0.6 is 0 Å². The molecular formula is C20H22N2O2. The number of nitrogens with one attached hydrogen (secondary N) is 2. The molecule has 1 amide bonds. The average Bonchev–Trinajstić information content (AvgIpc) is 2.93. The highest BCUT2D eigenvalue weighted by Gasteiger charge is 2.10. The van der Waals surface area contributed by atoms with Crippen LogP contribution in [-0.4, -0.2) is 18.0 Å². The first-order valence-corrected chi connectivity index (χ1v) is 8.13. The van der Waals surface area contributed by atoms with Crippen LogP contribution in [0.4, 0.5) is 0 Å². The maximum Gasteiger partial charge on any atom is 0.220 e. The van der Waals surface area contributed by atoms with Gasteiger partial charge in [0, 0.05) is 29.6 Å². The Hall–Kier alpha value is -2.75. The number of carbonyl (C=O) groups excluding carboxylic acids is 1. The number of H-pyrrole nitrogens is 1. The topological polar surface area (TPSA) is 54.1 Å². The first-order valence-electron chi connectivity index (χ1n) is 8.13. The van der Waals surface area contributed by atoms with E-state index in [1.54, 1.807) is 7.11 Å². The predicted octanol–water partition coefficient (Wildman–Crippen LogP) is 3.73. The SMILES string of the molecule is COc1ccc(CNC(=O)CCc2c(C)[nH]c3ccccc23)cc1. The van der Waals surface area contributed by atoms with Gasteiger partial charge in [-0.25, -0.2) is 0 Å². The number of fused-ring (bicyclic) bond motifs is 1. The van der Waals surface area contributed by atoms with Crippen molar-refractivity contribution in [1.82, 2.24) is 10.3 Å². The van der Waals surface area contributed by atoms with Gasteiger partial charge in [0.1, 0.15) is 5.75 Å². The fourth-order valence-electron chi connectivity index (χ4n) is 2.93. The van der Waals surface area contributed by atoms with Gasteiger partial charge in [-0.05, 0) is 42.7 Å². The summed E-state index contributed by atoms with van der Waals surface area (Å²) >= 11 is 0. The van der Waals surface area contributed by atoms with Gasteiger partial charge in [-0.1, -0.05) is 30.3 Å². The lowest BCUT2D eigenvalue weighted by atomic mass is 10.1. The van der Waals surface area contributed by atoms with Crippen molar-refractivity contribution in [2.45, 2.75) is 26.3 Å². The zero-order valence-electron chi connectivity index (χ0n) is 14.1. The first kappa shape index (κ1) is 16.1. The maximum atomic E-state index is 12.1. The molecular weight excluding hydrogens is 300 g/mol. The summed E-state index contributed by atoms with van der Waals surface area (Å²) in [6.07, 6.45) is 1.23. The fraction of sp³-hybridized carbons (Fsp3) is 0.250. The summed E-state index contributed by atoms with van der Waals surface area (Å²) in [5, 5.41) is 4.18. The van der Waals surface area contributed by atoms with Crippen molar-refractivity contribution in [3.63, 3.8) is 0 Å². The number of aromatic amines is 1. The second kappa shape index (κ2) is 7.21. The Morgan fingerprint density at radius 2 is 1.88 bits per heavy atom. The molecule has 2 aromatic carbocycles. The smallest absolute Gasteiger partial charge is 0.220 e. The molecule has 0 saturated heterocycles. The summed E-state index contributed by atoms with van der Waals surface area (Å²) in [7, 11) is 1.64. The van der Waals surface area contributed by atoms with Crippen molar-refractivity contribution < 1.29 is 9.53 Å². The number of amides is 1. The van der Waals surface area contributed by atoms with E-state index in [4.69, 9.17) is 4.74 Å². The Kier molecular flexibility index (Phi) is 4.85. The number of aromatic nitrogens is 1. The number of benzene rings is 2. The van der Waals surface area contributed by atoms with E-state index in [2.05, 4.69) is 29.4 Å². The van der Waals surface area contributed by atoms with E-state index < -0.39 is 0 Å². The predicted molar refractivity (Wildman–Crippen MR) is 96.2 cm³/mol. The highest BCUT2D eigenvalue weighted by atomic mass is 16.5. The van der Waals surface area contributed by atoms with Crippen molar-refractivity contribution in [3.8, 4) is 5.75 Å². The van der Waals surface area contributed by atoms with E-state index >= 15 is 0 Å². The molecule has 1 heterocycles. The molecule has 0 spiro atoms. The Bertz CT molecular complexity index is 834. The van der Waals surface area contributed by atoms with Crippen LogP contribution in [0.5, 0.6) is 5.75 Å². The Morgan fingerprint density at radius 1 is 1.12 bits per heavy atom. The van der Waals surface area contributed by atoms with Crippen LogP contribution in [-0.2, 0) is 17.8 Å². The lowest BCUT2D eigenvalue weighted by Gasteiger charge is -2.07. The molecule has 24 heavy (non-hydrogen) atoms. The van der Waals surface area contributed by atoms with Crippen molar-refractivity contribution in [3.05, 3.63) is 65.4 Å². The summed E-state index contributed by atoms with van der Waals surface area (Å²) in [4.78, 5) is 15.5. The summed E-state index contributed by atoms with van der Waals surface area (Å²) < 4.78 is 5.13. The van der Waals surface area contributed by atoms with Gasteiger partial charge >= 0.3 is 0 Å². The number of aryl methyl sites for hydroxylation is 2. The van der Waals surface area contributed by atoms with Gasteiger partial charge in [-0.15, -0.1) is 0 Å². The number of methoxy groups -OCH3 is 1. The van der Waals surface area contributed by atoms with Crippen molar-refractivity contribution in [1.29, 1.82) is 0 Å². The second-order valence-electron chi connectivity index (χ2n) is 5.90. The van der Waals surface area contributed by atoms with Crippen LogP contribution in [0.3, 0.4) is 0 Å². The monoisotopic (exact) mass is 322 g/mol. The third-order valence-electron chi connectivity index (χ3n) is 4.28. The first-order chi connectivity index (χ1) is 11.7. The van der Waals surface area contributed by atoms with Crippen molar-refractivity contribution in [2.75, 3.05) is 7.11 Å². The van der Waals surface area contributed by atoms with Gasteiger partial charge in [-0.2, -0.15) is 0 Å². The van der Waals surface area contributed by atoms with Crippen LogP contribution in [0.1, 0.15) is 23.2 Å². The average molecular weight is 322 g/mol. The normalized spacial score (nSPS) is 10.8. The molecule has 0 atom stereocenters. The lowest BCUT2D eigenvalue weighted by Crippen LogP contribution is -2.23. The molecule has 2 N–H and O–H groups in total.